The van der Waals surface area contributed by atoms with E-state index in [1.165, 1.54) is 0 Å². The number of benzene rings is 1. The average Bonchev–Trinajstić information content (AvgIpc) is 2.89. The first kappa shape index (κ1) is 14.7. The standard InChI is InChI=1S/C16H15ClN2O3/c1-2-5-11-9-19(8-10-6-3-4-7-12(10)17)15(20)13-14(11)22-16(21)18-13/h3-4,6-7,9H,2,5,8H2,1H3,(H,18,21). The molecule has 6 heteroatoms. The highest BCUT2D eigenvalue weighted by Gasteiger charge is 2.14. The van der Waals surface area contributed by atoms with Crippen LogP contribution in [-0.4, -0.2) is 9.55 Å². The monoisotopic (exact) mass is 318 g/mol. The van der Waals surface area contributed by atoms with E-state index in [4.69, 9.17) is 16.0 Å². The van der Waals surface area contributed by atoms with Crippen LogP contribution in [0.5, 0.6) is 0 Å². The summed E-state index contributed by atoms with van der Waals surface area (Å²) in [5, 5.41) is 0.604. The third kappa shape index (κ3) is 2.60. The molecule has 0 aliphatic rings. The van der Waals surface area contributed by atoms with Gasteiger partial charge in [0.2, 0.25) is 0 Å². The maximum Gasteiger partial charge on any atom is 0.417 e. The highest BCUT2D eigenvalue weighted by atomic mass is 35.5. The first-order valence-electron chi connectivity index (χ1n) is 7.08. The van der Waals surface area contributed by atoms with Gasteiger partial charge in [0.25, 0.3) is 5.56 Å². The lowest BCUT2D eigenvalue weighted by atomic mass is 10.1. The van der Waals surface area contributed by atoms with Crippen molar-refractivity contribution in [2.45, 2.75) is 26.3 Å². The number of nitrogens with one attached hydrogen (secondary N) is 1. The summed E-state index contributed by atoms with van der Waals surface area (Å²) in [4.78, 5) is 26.4. The number of pyridine rings is 1. The molecule has 0 aliphatic heterocycles. The van der Waals surface area contributed by atoms with Gasteiger partial charge >= 0.3 is 5.76 Å². The molecular formula is C16H15ClN2O3. The first-order chi connectivity index (χ1) is 10.6. The van der Waals surface area contributed by atoms with Crippen LogP contribution in [0.1, 0.15) is 24.5 Å². The fourth-order valence-corrected chi connectivity index (χ4v) is 2.72. The maximum atomic E-state index is 12.5. The molecule has 114 valence electrons. The molecule has 0 saturated heterocycles. The number of hydrogen-bond acceptors (Lipinski definition) is 3. The molecule has 3 aromatic rings. The number of aromatic nitrogens is 2. The Bertz CT molecular complexity index is 936. The van der Waals surface area contributed by atoms with Gasteiger partial charge in [-0.15, -0.1) is 0 Å². The lowest BCUT2D eigenvalue weighted by Crippen LogP contribution is -2.22. The van der Waals surface area contributed by atoms with Crippen molar-refractivity contribution in [3.8, 4) is 0 Å². The van der Waals surface area contributed by atoms with Crippen LogP contribution in [0.4, 0.5) is 0 Å². The second-order valence-corrected chi connectivity index (χ2v) is 5.55. The lowest BCUT2D eigenvalue weighted by molar-refractivity contribution is 0.550. The van der Waals surface area contributed by atoms with E-state index in [1.54, 1.807) is 16.8 Å². The Kier molecular flexibility index (Phi) is 3.90. The van der Waals surface area contributed by atoms with E-state index in [-0.39, 0.29) is 11.1 Å². The van der Waals surface area contributed by atoms with E-state index >= 15 is 0 Å². The van der Waals surface area contributed by atoms with Crippen LogP contribution in [0, 0.1) is 0 Å². The zero-order valence-corrected chi connectivity index (χ0v) is 12.8. The first-order valence-corrected chi connectivity index (χ1v) is 7.46. The zero-order valence-electron chi connectivity index (χ0n) is 12.1. The molecule has 3 rings (SSSR count). The average molecular weight is 319 g/mol. The van der Waals surface area contributed by atoms with Crippen molar-refractivity contribution >= 4 is 22.7 Å². The summed E-state index contributed by atoms with van der Waals surface area (Å²) in [6, 6.07) is 7.37. The van der Waals surface area contributed by atoms with Gasteiger partial charge in [0.1, 0.15) is 0 Å². The molecule has 0 radical (unpaired) electrons. The summed E-state index contributed by atoms with van der Waals surface area (Å²) in [5.41, 5.74) is 1.96. The van der Waals surface area contributed by atoms with Crippen molar-refractivity contribution in [2.24, 2.45) is 0 Å². The van der Waals surface area contributed by atoms with Gasteiger partial charge in [-0.25, -0.2) is 4.79 Å². The lowest BCUT2D eigenvalue weighted by Gasteiger charge is -2.10. The predicted molar refractivity (Wildman–Crippen MR) is 85.6 cm³/mol. The van der Waals surface area contributed by atoms with E-state index < -0.39 is 5.76 Å². The van der Waals surface area contributed by atoms with Crippen LogP contribution in [-0.2, 0) is 13.0 Å². The zero-order chi connectivity index (χ0) is 15.7. The molecule has 2 aromatic heterocycles. The Hall–Kier alpha value is -2.27. The number of nitrogens with zero attached hydrogens (tertiary/aromatic N) is 1. The number of fused-ring (bicyclic) bond motifs is 1. The molecule has 0 spiro atoms. The molecule has 0 atom stereocenters. The smallest absolute Gasteiger partial charge is 0.407 e. The van der Waals surface area contributed by atoms with Crippen LogP contribution < -0.4 is 11.3 Å². The van der Waals surface area contributed by atoms with Crippen molar-refractivity contribution < 1.29 is 4.42 Å². The summed E-state index contributed by atoms with van der Waals surface area (Å²) < 4.78 is 6.67. The van der Waals surface area contributed by atoms with E-state index in [9.17, 15) is 9.59 Å². The Labute approximate surface area is 131 Å². The fraction of sp³-hybridized carbons (Fsp3) is 0.250. The third-order valence-electron chi connectivity index (χ3n) is 3.54. The SMILES string of the molecule is CCCc1cn(Cc2ccccc2Cl)c(=O)c2[nH]c(=O)oc12. The highest BCUT2D eigenvalue weighted by molar-refractivity contribution is 6.31. The van der Waals surface area contributed by atoms with Gasteiger partial charge in [0.05, 0.1) is 6.54 Å². The van der Waals surface area contributed by atoms with Crippen molar-refractivity contribution in [3.05, 3.63) is 67.5 Å². The highest BCUT2D eigenvalue weighted by Crippen LogP contribution is 2.18. The summed E-state index contributed by atoms with van der Waals surface area (Å²) in [5.74, 6) is -0.611. The largest absolute Gasteiger partial charge is 0.417 e. The van der Waals surface area contributed by atoms with Crippen LogP contribution in [0.3, 0.4) is 0 Å². The molecule has 1 N–H and O–H groups in total. The predicted octanol–water partition coefficient (Wildman–Crippen LogP) is 2.94. The van der Waals surface area contributed by atoms with Crippen LogP contribution in [0.15, 0.2) is 44.5 Å². The van der Waals surface area contributed by atoms with Crippen molar-refractivity contribution in [2.75, 3.05) is 0 Å². The van der Waals surface area contributed by atoms with Crippen LogP contribution >= 0.6 is 11.6 Å². The Morgan fingerprint density at radius 2 is 2.00 bits per heavy atom. The molecule has 0 amide bonds. The molecule has 5 nitrogen and oxygen atoms in total. The number of oxazole rings is 1. The van der Waals surface area contributed by atoms with E-state index in [1.807, 2.05) is 25.1 Å². The summed E-state index contributed by atoms with van der Waals surface area (Å²) in [7, 11) is 0. The quantitative estimate of drug-likeness (QED) is 0.804. The Balaban J connectivity index is 2.17. The normalized spacial score (nSPS) is 11.2. The molecular weight excluding hydrogens is 304 g/mol. The van der Waals surface area contributed by atoms with Crippen molar-refractivity contribution in [3.63, 3.8) is 0 Å². The minimum atomic E-state index is -0.611. The number of H-pyrrole nitrogens is 1. The minimum Gasteiger partial charge on any atom is -0.407 e. The Morgan fingerprint density at radius 3 is 2.73 bits per heavy atom. The maximum absolute atomic E-state index is 12.5. The number of hydrogen-bond donors (Lipinski definition) is 1. The van der Waals surface area contributed by atoms with E-state index in [0.29, 0.717) is 17.2 Å². The molecule has 0 saturated carbocycles. The minimum absolute atomic E-state index is 0.211. The summed E-state index contributed by atoms with van der Waals surface area (Å²) in [6.07, 6.45) is 3.35. The van der Waals surface area contributed by atoms with Crippen LogP contribution in [0.2, 0.25) is 5.02 Å². The molecule has 0 fully saturated rings. The fourth-order valence-electron chi connectivity index (χ4n) is 2.53. The second kappa shape index (κ2) is 5.85. The Morgan fingerprint density at radius 1 is 1.23 bits per heavy atom. The molecule has 2 heterocycles. The number of aromatic amines is 1. The van der Waals surface area contributed by atoms with Gasteiger partial charge in [0.15, 0.2) is 11.1 Å². The summed E-state index contributed by atoms with van der Waals surface area (Å²) in [6.45, 7) is 2.37. The van der Waals surface area contributed by atoms with Gasteiger partial charge < -0.3 is 8.98 Å². The summed E-state index contributed by atoms with van der Waals surface area (Å²) >= 11 is 6.16. The second-order valence-electron chi connectivity index (χ2n) is 5.15. The molecule has 0 unspecified atom stereocenters. The van der Waals surface area contributed by atoms with Gasteiger partial charge in [0, 0.05) is 16.8 Å². The van der Waals surface area contributed by atoms with Gasteiger partial charge in [-0.3, -0.25) is 9.78 Å². The van der Waals surface area contributed by atoms with E-state index in [2.05, 4.69) is 4.98 Å². The van der Waals surface area contributed by atoms with Crippen LogP contribution in [0.25, 0.3) is 11.1 Å². The third-order valence-corrected chi connectivity index (χ3v) is 3.91. The van der Waals surface area contributed by atoms with Crippen molar-refractivity contribution in [1.29, 1.82) is 0 Å². The molecule has 22 heavy (non-hydrogen) atoms. The number of rotatable bonds is 4. The molecule has 0 aliphatic carbocycles. The number of halogens is 1. The van der Waals surface area contributed by atoms with Gasteiger partial charge in [-0.2, -0.15) is 0 Å². The number of aryl methyl sites for hydroxylation is 1. The van der Waals surface area contributed by atoms with Gasteiger partial charge in [-0.1, -0.05) is 43.1 Å². The molecule has 1 aromatic carbocycles. The van der Waals surface area contributed by atoms with Gasteiger partial charge in [-0.05, 0) is 18.1 Å². The molecule has 0 bridgehead atoms. The van der Waals surface area contributed by atoms with Crippen molar-refractivity contribution in [1.82, 2.24) is 9.55 Å². The topological polar surface area (TPSA) is 68.0 Å². The van der Waals surface area contributed by atoms with E-state index in [0.717, 1.165) is 24.0 Å².